The Morgan fingerprint density at radius 2 is 2.47 bits per heavy atom. The molecule has 0 fully saturated rings. The molecule has 1 rings (SSSR count). The molecule has 0 aliphatic heterocycles. The molecule has 0 unspecified atom stereocenters. The van der Waals surface area contributed by atoms with Gasteiger partial charge in [0.2, 0.25) is 12.2 Å². The van der Waals surface area contributed by atoms with Gasteiger partial charge in [-0.05, 0) is 18.5 Å². The second-order valence-corrected chi connectivity index (χ2v) is 4.04. The molecule has 0 saturated heterocycles. The summed E-state index contributed by atoms with van der Waals surface area (Å²) >= 11 is 1.57. The molecule has 1 heterocycles. The van der Waals surface area contributed by atoms with Gasteiger partial charge in [0.15, 0.2) is 0 Å². The van der Waals surface area contributed by atoms with E-state index in [0.717, 1.165) is 4.88 Å². The van der Waals surface area contributed by atoms with Gasteiger partial charge in [0.25, 0.3) is 0 Å². The largest absolute Gasteiger partial charge is 0.329 e. The van der Waals surface area contributed by atoms with Crippen LogP contribution in [0.15, 0.2) is 17.5 Å². The topological polar surface area (TPSA) is 49.4 Å². The summed E-state index contributed by atoms with van der Waals surface area (Å²) in [6, 6.07) is 3.86. The fraction of sp³-hybridized carbons (Fsp3) is 0.400. The first-order valence-electron chi connectivity index (χ1n) is 4.57. The first kappa shape index (κ1) is 11.9. The monoisotopic (exact) mass is 225 g/mol. The molecule has 81 valence electrons. The van der Waals surface area contributed by atoms with Gasteiger partial charge in [-0.25, -0.2) is 0 Å². The van der Waals surface area contributed by atoms with Crippen molar-refractivity contribution in [3.63, 3.8) is 0 Å². The lowest BCUT2D eigenvalue weighted by atomic mass is 10.4. The van der Waals surface area contributed by atoms with E-state index in [1.165, 1.54) is 4.90 Å². The molecule has 0 aliphatic rings. The zero-order chi connectivity index (χ0) is 11.1. The van der Waals surface area contributed by atoms with E-state index in [2.05, 4.69) is 5.32 Å². The molecule has 1 aromatic rings. The highest BCUT2D eigenvalue weighted by Gasteiger charge is 2.12. The Balaban J connectivity index is 2.57. The van der Waals surface area contributed by atoms with Gasteiger partial charge in [0.05, 0.1) is 19.6 Å². The van der Waals surface area contributed by atoms with Crippen molar-refractivity contribution in [2.75, 3.05) is 20.1 Å². The molecule has 1 aromatic heterocycles. The van der Waals surface area contributed by atoms with E-state index in [-0.39, 0.29) is 19.0 Å². The summed E-state index contributed by atoms with van der Waals surface area (Å²) in [5.41, 5.74) is 0. The summed E-state index contributed by atoms with van der Waals surface area (Å²) in [5.74, 6) is -0.0887. The Morgan fingerprint density at radius 3 is 3.00 bits per heavy atom. The highest BCUT2D eigenvalue weighted by atomic mass is 32.1. The van der Waals surface area contributed by atoms with Gasteiger partial charge in [0, 0.05) is 4.88 Å². The van der Waals surface area contributed by atoms with Crippen molar-refractivity contribution in [2.45, 2.75) is 6.54 Å². The molecule has 15 heavy (non-hydrogen) atoms. The van der Waals surface area contributed by atoms with Crippen molar-refractivity contribution < 1.29 is 9.59 Å². The van der Waals surface area contributed by atoms with E-state index in [4.69, 9.17) is 0 Å². The molecule has 0 atom stereocenters. The van der Waals surface area contributed by atoms with E-state index < -0.39 is 0 Å². The maximum Gasteiger partial charge on any atom is 0.237 e. The van der Waals surface area contributed by atoms with Gasteiger partial charge in [-0.15, -0.1) is 11.3 Å². The summed E-state index contributed by atoms with van der Waals surface area (Å²) < 4.78 is 0. The Kier molecular flexibility index (Phi) is 5.00. The van der Waals surface area contributed by atoms with E-state index in [1.807, 2.05) is 17.5 Å². The minimum Gasteiger partial charge on any atom is -0.329 e. The van der Waals surface area contributed by atoms with Crippen LogP contribution in [0.4, 0.5) is 0 Å². The fourth-order valence-corrected chi connectivity index (χ4v) is 1.88. The lowest BCUT2D eigenvalue weighted by Crippen LogP contribution is -2.37. The highest BCUT2D eigenvalue weighted by molar-refractivity contribution is 7.09. The van der Waals surface area contributed by atoms with Gasteiger partial charge in [-0.3, -0.25) is 9.59 Å². The summed E-state index contributed by atoms with van der Waals surface area (Å²) in [6.07, 6.45) is 1.75. The van der Waals surface area contributed by atoms with Gasteiger partial charge >= 0.3 is 0 Å². The minimum atomic E-state index is -0.0887. The van der Waals surface area contributed by atoms with Gasteiger partial charge in [0.1, 0.15) is 0 Å². The lowest BCUT2D eigenvalue weighted by molar-refractivity contribution is -0.129. The number of thiophene rings is 1. The maximum absolute atomic E-state index is 11.5. The third-order valence-corrected chi connectivity index (χ3v) is 2.72. The molecule has 1 N–H and O–H groups in total. The molecular weight excluding hydrogens is 212 g/mol. The van der Waals surface area contributed by atoms with Crippen LogP contribution in [0.25, 0.3) is 0 Å². The van der Waals surface area contributed by atoms with E-state index >= 15 is 0 Å². The van der Waals surface area contributed by atoms with Gasteiger partial charge in [-0.2, -0.15) is 0 Å². The second-order valence-electron chi connectivity index (χ2n) is 3.00. The van der Waals surface area contributed by atoms with E-state index in [1.54, 1.807) is 24.7 Å². The fourth-order valence-electron chi connectivity index (χ4n) is 1.16. The molecule has 0 saturated carbocycles. The van der Waals surface area contributed by atoms with Crippen molar-refractivity contribution in [3.05, 3.63) is 22.4 Å². The number of carbonyl (C=O) groups excluding carboxylic acids is 2. The number of hydrogen-bond acceptors (Lipinski definition) is 4. The standard InChI is InChI=1S/C10H13N2O2S/c1-11-7-10(14)12(4-5-13)8-9-3-2-6-15-9/h2-3,6,11H,4,7-8H2,1H3. The van der Waals surface area contributed by atoms with E-state index in [9.17, 15) is 9.59 Å². The molecule has 0 aliphatic carbocycles. The van der Waals surface area contributed by atoms with Gasteiger partial charge in [-0.1, -0.05) is 6.07 Å². The average molecular weight is 225 g/mol. The number of likely N-dealkylation sites (N-methyl/N-ethyl adjacent to an activating group) is 1. The minimum absolute atomic E-state index is 0.0262. The van der Waals surface area contributed by atoms with Crippen LogP contribution in [0, 0.1) is 0 Å². The van der Waals surface area contributed by atoms with Crippen molar-refractivity contribution in [1.82, 2.24) is 10.2 Å². The second kappa shape index (κ2) is 6.31. The zero-order valence-electron chi connectivity index (χ0n) is 8.53. The number of carbonyl (C=O) groups is 1. The Labute approximate surface area is 92.9 Å². The Bertz CT molecular complexity index is 311. The number of rotatable bonds is 6. The number of hydrogen-bond donors (Lipinski definition) is 1. The molecule has 5 heteroatoms. The molecular formula is C10H13N2O2S. The van der Waals surface area contributed by atoms with Crippen LogP contribution in [-0.4, -0.2) is 37.2 Å². The first-order chi connectivity index (χ1) is 7.27. The summed E-state index contributed by atoms with van der Waals surface area (Å²) in [4.78, 5) is 24.4. The van der Waals surface area contributed by atoms with Crippen LogP contribution < -0.4 is 5.32 Å². The van der Waals surface area contributed by atoms with Crippen molar-refractivity contribution in [3.8, 4) is 0 Å². The molecule has 0 aromatic carbocycles. The quantitative estimate of drug-likeness (QED) is 0.762. The molecule has 0 spiro atoms. The number of nitrogens with one attached hydrogen (secondary N) is 1. The third kappa shape index (κ3) is 3.81. The third-order valence-electron chi connectivity index (χ3n) is 1.86. The maximum atomic E-state index is 11.5. The summed E-state index contributed by atoms with van der Waals surface area (Å²) in [6.45, 7) is 0.749. The van der Waals surface area contributed by atoms with Crippen molar-refractivity contribution in [2.24, 2.45) is 0 Å². The van der Waals surface area contributed by atoms with Crippen LogP contribution in [0.1, 0.15) is 4.88 Å². The van der Waals surface area contributed by atoms with Crippen LogP contribution in [0.3, 0.4) is 0 Å². The molecule has 1 radical (unpaired) electrons. The predicted molar refractivity (Wildman–Crippen MR) is 59.4 cm³/mol. The van der Waals surface area contributed by atoms with Crippen LogP contribution in [0.2, 0.25) is 0 Å². The predicted octanol–water partition coefficient (Wildman–Crippen LogP) is 0.406. The van der Waals surface area contributed by atoms with E-state index in [0.29, 0.717) is 6.54 Å². The molecule has 0 bridgehead atoms. The van der Waals surface area contributed by atoms with Crippen LogP contribution in [-0.2, 0) is 16.1 Å². The highest BCUT2D eigenvalue weighted by Crippen LogP contribution is 2.11. The van der Waals surface area contributed by atoms with Crippen molar-refractivity contribution >= 4 is 23.5 Å². The summed E-state index contributed by atoms with van der Waals surface area (Å²) in [7, 11) is 1.70. The van der Waals surface area contributed by atoms with Crippen molar-refractivity contribution in [1.29, 1.82) is 0 Å². The SMILES string of the molecule is CNCC(=O)N(C[C]=O)Cc1cccs1. The Morgan fingerprint density at radius 1 is 1.67 bits per heavy atom. The first-order valence-corrected chi connectivity index (χ1v) is 5.45. The molecule has 1 amide bonds. The Hall–Kier alpha value is -1.20. The average Bonchev–Trinajstić information content (AvgIpc) is 2.70. The van der Waals surface area contributed by atoms with Gasteiger partial charge < -0.3 is 10.2 Å². The van der Waals surface area contributed by atoms with Crippen LogP contribution in [0.5, 0.6) is 0 Å². The lowest BCUT2D eigenvalue weighted by Gasteiger charge is -2.18. The smallest absolute Gasteiger partial charge is 0.237 e. The zero-order valence-corrected chi connectivity index (χ0v) is 9.34. The summed E-state index contributed by atoms with van der Waals surface area (Å²) in [5, 5.41) is 4.71. The number of amides is 1. The normalized spacial score (nSPS) is 9.93. The van der Waals surface area contributed by atoms with Crippen LogP contribution >= 0.6 is 11.3 Å². The number of nitrogens with zero attached hydrogens (tertiary/aromatic N) is 1. The molecule has 4 nitrogen and oxygen atoms in total.